The molecule has 8 nitrogen and oxygen atoms in total. The van der Waals surface area contributed by atoms with Crippen molar-refractivity contribution in [3.8, 4) is 5.75 Å². The molecule has 2 aromatic rings. The van der Waals surface area contributed by atoms with Gasteiger partial charge in [-0.25, -0.2) is 4.79 Å². The van der Waals surface area contributed by atoms with Gasteiger partial charge in [-0.2, -0.15) is 0 Å². The number of carbonyl (C=O) groups is 3. The Balaban J connectivity index is 2.04. The summed E-state index contributed by atoms with van der Waals surface area (Å²) in [6.07, 6.45) is -1.03. The fourth-order valence-corrected chi connectivity index (χ4v) is 4.40. The van der Waals surface area contributed by atoms with Gasteiger partial charge in [-0.15, -0.1) is 0 Å². The van der Waals surface area contributed by atoms with Crippen molar-refractivity contribution in [3.05, 3.63) is 58.7 Å². The van der Waals surface area contributed by atoms with Crippen LogP contribution in [0.5, 0.6) is 5.75 Å². The minimum Gasteiger partial charge on any atom is -0.445 e. The number of anilines is 1. The fraction of sp³-hybridized carbons (Fsp3) is 0.348. The first-order valence-corrected chi connectivity index (χ1v) is 10.1. The second-order valence-electron chi connectivity index (χ2n) is 7.94. The van der Waals surface area contributed by atoms with Gasteiger partial charge in [-0.1, -0.05) is 38.1 Å². The van der Waals surface area contributed by atoms with Gasteiger partial charge in [0.2, 0.25) is 17.2 Å². The Kier molecular flexibility index (Phi) is 4.68. The van der Waals surface area contributed by atoms with Crippen LogP contribution in [0.25, 0.3) is 0 Å². The van der Waals surface area contributed by atoms with Gasteiger partial charge in [0.15, 0.2) is 0 Å². The van der Waals surface area contributed by atoms with E-state index in [1.54, 1.807) is 37.3 Å². The molecule has 0 bridgehead atoms. The third kappa shape index (κ3) is 2.71. The monoisotopic (exact) mass is 424 g/mol. The van der Waals surface area contributed by atoms with Gasteiger partial charge >= 0.3 is 11.9 Å². The predicted molar refractivity (Wildman–Crippen MR) is 112 cm³/mol. The Hall–Kier alpha value is -3.55. The number of nitrogen functional groups attached to an aromatic ring is 1. The summed E-state index contributed by atoms with van der Waals surface area (Å²) >= 11 is 0. The molecular formula is C23H24N2O6. The first-order chi connectivity index (χ1) is 14.7. The molecule has 0 saturated carbocycles. The van der Waals surface area contributed by atoms with E-state index in [0.717, 1.165) is 5.56 Å². The van der Waals surface area contributed by atoms with E-state index in [0.29, 0.717) is 11.3 Å². The van der Waals surface area contributed by atoms with Gasteiger partial charge in [0.25, 0.3) is 0 Å². The molecule has 2 unspecified atom stereocenters. The topological polar surface area (TPSA) is 117 Å². The van der Waals surface area contributed by atoms with Crippen molar-refractivity contribution < 1.29 is 28.6 Å². The van der Waals surface area contributed by atoms with E-state index < -0.39 is 29.2 Å². The SMILES string of the molecule is CCOC(=O)OC12Oc3cc(C(C)C)ccc3C1(NC(C)=O)C(=O)c1c(N)cccc12. The smallest absolute Gasteiger partial charge is 0.445 e. The van der Waals surface area contributed by atoms with Crippen LogP contribution in [0, 0.1) is 0 Å². The number of rotatable bonds is 4. The van der Waals surface area contributed by atoms with Crippen LogP contribution in [-0.2, 0) is 25.6 Å². The number of carbonyl (C=O) groups excluding carboxylic acids is 3. The van der Waals surface area contributed by atoms with E-state index in [2.05, 4.69) is 5.32 Å². The van der Waals surface area contributed by atoms with Crippen LogP contribution in [0.2, 0.25) is 0 Å². The predicted octanol–water partition coefficient (Wildman–Crippen LogP) is 3.34. The molecule has 2 aromatic carbocycles. The minimum absolute atomic E-state index is 0.0598. The van der Waals surface area contributed by atoms with Crippen LogP contribution < -0.4 is 15.8 Å². The zero-order valence-electron chi connectivity index (χ0n) is 17.8. The molecule has 2 aliphatic rings. The number of ketones is 1. The van der Waals surface area contributed by atoms with E-state index in [4.69, 9.17) is 19.9 Å². The van der Waals surface area contributed by atoms with Crippen LogP contribution in [0.4, 0.5) is 10.5 Å². The number of ether oxygens (including phenoxy) is 3. The summed E-state index contributed by atoms with van der Waals surface area (Å²) in [4.78, 5) is 38.7. The largest absolute Gasteiger partial charge is 0.511 e. The molecule has 3 N–H and O–H groups in total. The molecule has 1 amide bonds. The number of hydrogen-bond acceptors (Lipinski definition) is 7. The second kappa shape index (κ2) is 7.01. The number of hydrogen-bond donors (Lipinski definition) is 2. The lowest BCUT2D eigenvalue weighted by Gasteiger charge is -2.36. The summed E-state index contributed by atoms with van der Waals surface area (Å²) in [5.74, 6) is -2.49. The molecule has 1 aliphatic heterocycles. The van der Waals surface area contributed by atoms with Crippen LogP contribution in [0.1, 0.15) is 60.7 Å². The third-order valence-electron chi connectivity index (χ3n) is 5.70. The Morgan fingerprint density at radius 1 is 1.19 bits per heavy atom. The lowest BCUT2D eigenvalue weighted by Crippen LogP contribution is -2.61. The molecule has 31 heavy (non-hydrogen) atoms. The van der Waals surface area contributed by atoms with Crippen LogP contribution in [-0.4, -0.2) is 24.5 Å². The Morgan fingerprint density at radius 2 is 1.94 bits per heavy atom. The lowest BCUT2D eigenvalue weighted by molar-refractivity contribution is -0.188. The second-order valence-corrected chi connectivity index (χ2v) is 7.94. The normalized spacial score (nSPS) is 22.9. The summed E-state index contributed by atoms with van der Waals surface area (Å²) in [5, 5.41) is 2.73. The third-order valence-corrected chi connectivity index (χ3v) is 5.70. The molecule has 0 radical (unpaired) electrons. The maximum absolute atomic E-state index is 13.9. The molecule has 1 heterocycles. The minimum atomic E-state index is -2.00. The van der Waals surface area contributed by atoms with E-state index in [9.17, 15) is 14.4 Å². The van der Waals surface area contributed by atoms with Gasteiger partial charge in [0, 0.05) is 18.2 Å². The van der Waals surface area contributed by atoms with Crippen LogP contribution >= 0.6 is 0 Å². The number of amides is 1. The average Bonchev–Trinajstić information content (AvgIpc) is 3.06. The summed E-state index contributed by atoms with van der Waals surface area (Å²) in [5.41, 5.74) is 6.22. The fourth-order valence-electron chi connectivity index (χ4n) is 4.40. The van der Waals surface area contributed by atoms with Crippen molar-refractivity contribution in [1.82, 2.24) is 5.32 Å². The van der Waals surface area contributed by atoms with Crippen LogP contribution in [0.15, 0.2) is 36.4 Å². The molecule has 4 rings (SSSR count). The molecule has 1 aliphatic carbocycles. The first-order valence-electron chi connectivity index (χ1n) is 10.1. The van der Waals surface area contributed by atoms with E-state index in [-0.39, 0.29) is 29.3 Å². The zero-order valence-corrected chi connectivity index (χ0v) is 17.8. The highest BCUT2D eigenvalue weighted by atomic mass is 16.8. The number of fused-ring (bicyclic) bond motifs is 5. The molecule has 0 fully saturated rings. The van der Waals surface area contributed by atoms with Gasteiger partial charge in [0.1, 0.15) is 5.75 Å². The van der Waals surface area contributed by atoms with E-state index in [1.807, 2.05) is 19.9 Å². The van der Waals surface area contributed by atoms with Crippen molar-refractivity contribution in [2.24, 2.45) is 0 Å². The van der Waals surface area contributed by atoms with E-state index in [1.165, 1.54) is 6.92 Å². The van der Waals surface area contributed by atoms with Gasteiger partial charge in [0.05, 0.1) is 17.7 Å². The summed E-state index contributed by atoms with van der Waals surface area (Å²) in [6, 6.07) is 10.2. The van der Waals surface area contributed by atoms with Crippen molar-refractivity contribution >= 4 is 23.5 Å². The van der Waals surface area contributed by atoms with Crippen LogP contribution in [0.3, 0.4) is 0 Å². The molecule has 2 atom stereocenters. The standard InChI is InChI=1S/C23H24N2O6/c1-5-29-21(28)31-23-16-7-6-8-17(24)19(16)20(27)22(23,25-13(4)26)15-10-9-14(12(2)3)11-18(15)30-23/h6-12H,5,24H2,1-4H3,(H,25,26). The number of nitrogens with two attached hydrogens (primary N) is 1. The number of benzene rings is 2. The Bertz CT molecular complexity index is 1110. The van der Waals surface area contributed by atoms with Gasteiger partial charge in [-0.05, 0) is 30.5 Å². The highest BCUT2D eigenvalue weighted by Crippen LogP contribution is 2.61. The van der Waals surface area contributed by atoms with Crippen molar-refractivity contribution in [2.45, 2.75) is 44.9 Å². The Morgan fingerprint density at radius 3 is 2.58 bits per heavy atom. The summed E-state index contributed by atoms with van der Waals surface area (Å²) in [7, 11) is 0. The van der Waals surface area contributed by atoms with Gasteiger partial charge in [-0.3, -0.25) is 9.59 Å². The molecular weight excluding hydrogens is 400 g/mol. The molecule has 0 aromatic heterocycles. The van der Waals surface area contributed by atoms with Gasteiger partial charge < -0.3 is 25.3 Å². The molecule has 8 heteroatoms. The number of nitrogens with one attached hydrogen (secondary N) is 1. The summed E-state index contributed by atoms with van der Waals surface area (Å²) in [6.45, 7) is 7.01. The highest BCUT2D eigenvalue weighted by Gasteiger charge is 2.75. The maximum Gasteiger partial charge on any atom is 0.511 e. The van der Waals surface area contributed by atoms with E-state index >= 15 is 0 Å². The average molecular weight is 424 g/mol. The lowest BCUT2D eigenvalue weighted by atomic mass is 9.82. The number of Topliss-reactive ketones (excluding diaryl/α,β-unsaturated/α-hetero) is 1. The molecule has 0 saturated heterocycles. The first kappa shape index (κ1) is 20.7. The molecule has 0 spiro atoms. The summed E-state index contributed by atoms with van der Waals surface area (Å²) < 4.78 is 17.0. The van der Waals surface area contributed by atoms with Crippen molar-refractivity contribution in [2.75, 3.05) is 12.3 Å². The maximum atomic E-state index is 13.9. The molecule has 162 valence electrons. The zero-order chi connectivity index (χ0) is 22.6. The quantitative estimate of drug-likeness (QED) is 0.571. The van der Waals surface area contributed by atoms with Crippen molar-refractivity contribution in [3.63, 3.8) is 0 Å². The highest BCUT2D eigenvalue weighted by molar-refractivity contribution is 6.15. The Labute approximate surface area is 179 Å². The van der Waals surface area contributed by atoms with Crippen molar-refractivity contribution in [1.29, 1.82) is 0 Å².